The molecule has 0 aliphatic heterocycles. The highest BCUT2D eigenvalue weighted by molar-refractivity contribution is 7.11. The normalized spacial score (nSPS) is 8.80. The minimum absolute atomic E-state index is 0. The van der Waals surface area contributed by atoms with Gasteiger partial charge in [-0.05, 0) is 27.7 Å². The molecule has 2 aromatic heterocycles. The molecule has 84 valence electrons. The minimum Gasteiger partial charge on any atom is -0.247 e. The first-order valence-corrected chi connectivity index (χ1v) is 5.93. The molecule has 0 aliphatic rings. The number of hydrogen-bond acceptors (Lipinski definition) is 5. The SMILES string of the molecule is C.Cc1csc(C)n1.Cc1nnc(C)s1. The number of hydrogen-bond donors (Lipinski definition) is 0. The number of nitrogens with zero attached hydrogens (tertiary/aromatic N) is 3. The minimum atomic E-state index is 0. The molecule has 0 aliphatic carbocycles. The second kappa shape index (κ2) is 6.63. The zero-order valence-electron chi connectivity index (χ0n) is 8.74. The summed E-state index contributed by atoms with van der Waals surface area (Å²) in [5.41, 5.74) is 1.13. The van der Waals surface area contributed by atoms with E-state index >= 15 is 0 Å². The van der Waals surface area contributed by atoms with E-state index in [1.165, 1.54) is 0 Å². The van der Waals surface area contributed by atoms with Gasteiger partial charge in [0.05, 0.1) is 5.01 Å². The maximum absolute atomic E-state index is 4.13. The Morgan fingerprint density at radius 2 is 1.47 bits per heavy atom. The Kier molecular flexibility index (Phi) is 6.27. The Labute approximate surface area is 99.2 Å². The van der Waals surface area contributed by atoms with Crippen LogP contribution in [0.3, 0.4) is 0 Å². The van der Waals surface area contributed by atoms with Crippen molar-refractivity contribution in [1.29, 1.82) is 0 Å². The summed E-state index contributed by atoms with van der Waals surface area (Å²) in [4.78, 5) is 4.13. The van der Waals surface area contributed by atoms with Crippen LogP contribution in [0.1, 0.15) is 28.1 Å². The first kappa shape index (κ1) is 14.2. The van der Waals surface area contributed by atoms with Gasteiger partial charge in [-0.2, -0.15) is 0 Å². The highest BCUT2D eigenvalue weighted by atomic mass is 32.1. The van der Waals surface area contributed by atoms with E-state index in [9.17, 15) is 0 Å². The number of rotatable bonds is 0. The van der Waals surface area contributed by atoms with Crippen molar-refractivity contribution < 1.29 is 0 Å². The van der Waals surface area contributed by atoms with Gasteiger partial charge in [-0.15, -0.1) is 32.9 Å². The fourth-order valence-corrected chi connectivity index (χ4v) is 2.05. The van der Waals surface area contributed by atoms with Gasteiger partial charge in [0.25, 0.3) is 0 Å². The Bertz CT molecular complexity index is 322. The fourth-order valence-electron chi connectivity index (χ4n) is 0.867. The van der Waals surface area contributed by atoms with Gasteiger partial charge < -0.3 is 0 Å². The molecule has 0 radical (unpaired) electrons. The van der Waals surface area contributed by atoms with Crippen molar-refractivity contribution in [3.05, 3.63) is 26.1 Å². The molecule has 0 N–H and O–H groups in total. The van der Waals surface area contributed by atoms with Gasteiger partial charge in [0.2, 0.25) is 0 Å². The average Bonchev–Trinajstić information content (AvgIpc) is 2.63. The smallest absolute Gasteiger partial charge is 0.114 e. The van der Waals surface area contributed by atoms with Crippen LogP contribution < -0.4 is 0 Å². The summed E-state index contributed by atoms with van der Waals surface area (Å²) in [6.45, 7) is 7.91. The Balaban J connectivity index is 0.000000245. The van der Waals surface area contributed by atoms with Crippen LogP contribution in [0.2, 0.25) is 0 Å². The molecule has 5 heteroatoms. The molecule has 0 saturated heterocycles. The van der Waals surface area contributed by atoms with Crippen molar-refractivity contribution in [3.63, 3.8) is 0 Å². The number of aromatic nitrogens is 3. The molecule has 0 fully saturated rings. The maximum atomic E-state index is 4.13. The first-order chi connectivity index (χ1) is 6.58. The van der Waals surface area contributed by atoms with Crippen molar-refractivity contribution in [1.82, 2.24) is 15.2 Å². The summed E-state index contributed by atoms with van der Waals surface area (Å²) in [5, 5.41) is 12.8. The summed E-state index contributed by atoms with van der Waals surface area (Å²) >= 11 is 3.31. The van der Waals surface area contributed by atoms with E-state index in [1.807, 2.05) is 27.7 Å². The van der Waals surface area contributed by atoms with E-state index in [2.05, 4.69) is 20.6 Å². The molecule has 0 bridgehead atoms. The lowest BCUT2D eigenvalue weighted by atomic mass is 10.6. The predicted molar refractivity (Wildman–Crippen MR) is 67.7 cm³/mol. The molecule has 15 heavy (non-hydrogen) atoms. The molecule has 0 amide bonds. The monoisotopic (exact) mass is 243 g/mol. The van der Waals surface area contributed by atoms with Gasteiger partial charge in [0.1, 0.15) is 10.0 Å². The van der Waals surface area contributed by atoms with Crippen molar-refractivity contribution >= 4 is 22.7 Å². The van der Waals surface area contributed by atoms with Crippen LogP contribution in [0.15, 0.2) is 5.38 Å². The van der Waals surface area contributed by atoms with Gasteiger partial charge in [0, 0.05) is 11.1 Å². The average molecular weight is 243 g/mol. The van der Waals surface area contributed by atoms with Crippen molar-refractivity contribution in [3.8, 4) is 0 Å². The topological polar surface area (TPSA) is 38.7 Å². The van der Waals surface area contributed by atoms with E-state index in [0.29, 0.717) is 0 Å². The van der Waals surface area contributed by atoms with Crippen molar-refractivity contribution in [2.24, 2.45) is 0 Å². The second-order valence-electron chi connectivity index (χ2n) is 2.85. The van der Waals surface area contributed by atoms with Crippen LogP contribution >= 0.6 is 22.7 Å². The molecule has 0 spiro atoms. The molecular formula is C10H17N3S2. The predicted octanol–water partition coefficient (Wildman–Crippen LogP) is 3.55. The number of aryl methyl sites for hydroxylation is 4. The third-order valence-electron chi connectivity index (χ3n) is 1.36. The van der Waals surface area contributed by atoms with Crippen LogP contribution in [0.5, 0.6) is 0 Å². The lowest BCUT2D eigenvalue weighted by Crippen LogP contribution is -1.68. The van der Waals surface area contributed by atoms with Gasteiger partial charge >= 0.3 is 0 Å². The largest absolute Gasteiger partial charge is 0.247 e. The molecule has 0 unspecified atom stereocenters. The van der Waals surface area contributed by atoms with E-state index in [1.54, 1.807) is 22.7 Å². The highest BCUT2D eigenvalue weighted by Gasteiger charge is 1.88. The van der Waals surface area contributed by atoms with Crippen LogP contribution in [-0.4, -0.2) is 15.2 Å². The first-order valence-electron chi connectivity index (χ1n) is 4.23. The quantitative estimate of drug-likeness (QED) is 0.710. The second-order valence-corrected chi connectivity index (χ2v) is 5.30. The Morgan fingerprint density at radius 1 is 0.933 bits per heavy atom. The number of thiazole rings is 1. The van der Waals surface area contributed by atoms with Gasteiger partial charge in [-0.1, -0.05) is 7.43 Å². The Hall–Kier alpha value is -0.810. The van der Waals surface area contributed by atoms with Crippen molar-refractivity contribution in [2.75, 3.05) is 0 Å². The van der Waals surface area contributed by atoms with Crippen molar-refractivity contribution in [2.45, 2.75) is 35.1 Å². The molecule has 3 nitrogen and oxygen atoms in total. The maximum Gasteiger partial charge on any atom is 0.114 e. The molecule has 0 aromatic carbocycles. The highest BCUT2D eigenvalue weighted by Crippen LogP contribution is 2.05. The standard InChI is InChI=1S/C5H7NS.C4H6N2S.CH4/c1-4-3-7-5(2)6-4;1-3-5-6-4(2)7-3;/h3H,1-2H3;1-2H3;1H4. The summed E-state index contributed by atoms with van der Waals surface area (Å²) in [6.07, 6.45) is 0. The summed E-state index contributed by atoms with van der Waals surface area (Å²) in [7, 11) is 0. The van der Waals surface area contributed by atoms with E-state index in [4.69, 9.17) is 0 Å². The van der Waals surface area contributed by atoms with Crippen LogP contribution in [-0.2, 0) is 0 Å². The fraction of sp³-hybridized carbons (Fsp3) is 0.500. The molecule has 0 atom stereocenters. The van der Waals surface area contributed by atoms with Gasteiger partial charge in [-0.3, -0.25) is 0 Å². The van der Waals surface area contributed by atoms with E-state index in [0.717, 1.165) is 20.7 Å². The lowest BCUT2D eigenvalue weighted by molar-refractivity contribution is 1.02. The summed E-state index contributed by atoms with van der Waals surface area (Å²) in [6, 6.07) is 0. The molecular weight excluding hydrogens is 226 g/mol. The van der Waals surface area contributed by atoms with Crippen LogP contribution in [0, 0.1) is 27.7 Å². The van der Waals surface area contributed by atoms with Crippen LogP contribution in [0.4, 0.5) is 0 Å². The zero-order valence-corrected chi connectivity index (χ0v) is 10.4. The Morgan fingerprint density at radius 3 is 1.60 bits per heavy atom. The summed E-state index contributed by atoms with van der Waals surface area (Å²) in [5.74, 6) is 0. The van der Waals surface area contributed by atoms with E-state index in [-0.39, 0.29) is 7.43 Å². The summed E-state index contributed by atoms with van der Waals surface area (Å²) < 4.78 is 0. The van der Waals surface area contributed by atoms with E-state index < -0.39 is 0 Å². The molecule has 2 heterocycles. The third-order valence-corrected chi connectivity index (χ3v) is 3.01. The van der Waals surface area contributed by atoms with Gasteiger partial charge in [-0.25, -0.2) is 4.98 Å². The third kappa shape index (κ3) is 5.59. The molecule has 2 rings (SSSR count). The van der Waals surface area contributed by atoms with Crippen LogP contribution in [0.25, 0.3) is 0 Å². The van der Waals surface area contributed by atoms with Gasteiger partial charge in [0.15, 0.2) is 0 Å². The zero-order chi connectivity index (χ0) is 10.6. The molecule has 2 aromatic rings. The lowest BCUT2D eigenvalue weighted by Gasteiger charge is -1.71. The molecule has 0 saturated carbocycles.